The van der Waals surface area contributed by atoms with Crippen molar-refractivity contribution in [3.8, 4) is 33.8 Å². The predicted octanol–water partition coefficient (Wildman–Crippen LogP) is 7.61. The minimum Gasteiger partial charge on any atom is -0.426 e. The first-order valence-corrected chi connectivity index (χ1v) is 10.8. The molecule has 0 aliphatic carbocycles. The van der Waals surface area contributed by atoms with Gasteiger partial charge in [0.05, 0.1) is 0 Å². The first kappa shape index (κ1) is 23.7. The molecule has 0 fully saturated rings. The van der Waals surface area contributed by atoms with Crippen LogP contribution in [0.5, 0.6) is 11.5 Å². The van der Waals surface area contributed by atoms with Gasteiger partial charge in [-0.1, -0.05) is 23.2 Å². The van der Waals surface area contributed by atoms with Crippen LogP contribution in [0.3, 0.4) is 0 Å². The maximum absolute atomic E-state index is 14.8. The Morgan fingerprint density at radius 2 is 1.00 bits per heavy atom. The van der Waals surface area contributed by atoms with Gasteiger partial charge in [-0.2, -0.15) is 0 Å². The number of fused-ring (bicyclic) bond motifs is 1. The Balaban J connectivity index is 2.02. The van der Waals surface area contributed by atoms with E-state index in [-0.39, 0.29) is 32.7 Å². The van der Waals surface area contributed by atoms with Crippen LogP contribution in [0.4, 0.5) is 8.78 Å². The van der Waals surface area contributed by atoms with Gasteiger partial charge in [0.1, 0.15) is 23.1 Å². The number of hydrogen-bond donors (Lipinski definition) is 0. The second kappa shape index (κ2) is 9.41. The number of hydrogen-bond acceptors (Lipinski definition) is 4. The van der Waals surface area contributed by atoms with Gasteiger partial charge in [0.15, 0.2) is 0 Å². The van der Waals surface area contributed by atoms with Crippen LogP contribution in [0.25, 0.3) is 33.0 Å². The number of rotatable bonds is 4. The number of halogens is 4. The monoisotopic (exact) mass is 500 g/mol. The van der Waals surface area contributed by atoms with Crippen molar-refractivity contribution in [1.82, 2.24) is 0 Å². The van der Waals surface area contributed by atoms with Crippen molar-refractivity contribution in [2.75, 3.05) is 0 Å². The summed E-state index contributed by atoms with van der Waals surface area (Å²) in [6, 6.07) is 14.5. The molecule has 0 atom stereocenters. The molecular formula is C26H16Cl2F2O4. The van der Waals surface area contributed by atoms with Crippen LogP contribution in [0, 0.1) is 11.6 Å². The third-order valence-corrected chi connectivity index (χ3v) is 5.46. The molecule has 0 heterocycles. The van der Waals surface area contributed by atoms with Crippen molar-refractivity contribution < 1.29 is 27.8 Å². The standard InChI is InChI=1S/C26H16Cl2F2O4/c1-13(31)33-25-9-16-10-26(34-14(2)32)22(20-6-4-18(28)12-24(20)30)8-15(16)7-21(25)19-5-3-17(27)11-23(19)29/h3-12H,1-2H3. The zero-order valence-electron chi connectivity index (χ0n) is 17.9. The van der Waals surface area contributed by atoms with Gasteiger partial charge in [0.25, 0.3) is 0 Å². The Bertz CT molecular complexity index is 1360. The smallest absolute Gasteiger partial charge is 0.308 e. The lowest BCUT2D eigenvalue weighted by Crippen LogP contribution is -2.05. The van der Waals surface area contributed by atoms with E-state index < -0.39 is 23.6 Å². The fourth-order valence-corrected chi connectivity index (χ4v) is 3.94. The summed E-state index contributed by atoms with van der Waals surface area (Å²) in [7, 11) is 0. The molecule has 0 unspecified atom stereocenters. The molecule has 0 aliphatic heterocycles. The van der Waals surface area contributed by atoms with Crippen molar-refractivity contribution in [2.24, 2.45) is 0 Å². The van der Waals surface area contributed by atoms with Gasteiger partial charge in [0, 0.05) is 46.1 Å². The van der Waals surface area contributed by atoms with Crippen molar-refractivity contribution in [1.29, 1.82) is 0 Å². The minimum absolute atomic E-state index is 0.0976. The van der Waals surface area contributed by atoms with Crippen molar-refractivity contribution in [2.45, 2.75) is 13.8 Å². The highest BCUT2D eigenvalue weighted by atomic mass is 35.5. The normalized spacial score (nSPS) is 10.9. The van der Waals surface area contributed by atoms with E-state index in [0.29, 0.717) is 21.9 Å². The lowest BCUT2D eigenvalue weighted by molar-refractivity contribution is -0.132. The highest BCUT2D eigenvalue weighted by Crippen LogP contribution is 2.41. The average molecular weight is 501 g/mol. The Morgan fingerprint density at radius 1 is 0.618 bits per heavy atom. The number of esters is 2. The summed E-state index contributed by atoms with van der Waals surface area (Å²) in [5.41, 5.74) is 0.899. The molecule has 0 bridgehead atoms. The second-order valence-electron chi connectivity index (χ2n) is 7.48. The lowest BCUT2D eigenvalue weighted by atomic mass is 9.95. The molecule has 8 heteroatoms. The van der Waals surface area contributed by atoms with E-state index in [1.165, 1.54) is 50.2 Å². The second-order valence-corrected chi connectivity index (χ2v) is 8.35. The summed E-state index contributed by atoms with van der Waals surface area (Å²) in [5, 5.41) is 1.49. The van der Waals surface area contributed by atoms with Gasteiger partial charge in [-0.05, 0) is 71.4 Å². The summed E-state index contributed by atoms with van der Waals surface area (Å²) in [6.07, 6.45) is 0. The first-order chi connectivity index (χ1) is 16.1. The van der Waals surface area contributed by atoms with Crippen LogP contribution in [0.15, 0.2) is 60.7 Å². The van der Waals surface area contributed by atoms with Gasteiger partial charge < -0.3 is 9.47 Å². The van der Waals surface area contributed by atoms with Gasteiger partial charge in [0.2, 0.25) is 0 Å². The molecule has 0 amide bonds. The molecule has 34 heavy (non-hydrogen) atoms. The number of carbonyl (C=O) groups excluding carboxylic acids is 2. The summed E-state index contributed by atoms with van der Waals surface area (Å²) in [5.74, 6) is -2.23. The Morgan fingerprint density at radius 3 is 1.35 bits per heavy atom. The SMILES string of the molecule is CC(=O)Oc1cc2cc(OC(C)=O)c(-c3ccc(Cl)cc3F)cc2cc1-c1ccc(Cl)cc1F. The highest BCUT2D eigenvalue weighted by molar-refractivity contribution is 6.31. The Hall–Kier alpha value is -3.48. The molecule has 4 aromatic rings. The van der Waals surface area contributed by atoms with Crippen molar-refractivity contribution in [3.05, 3.63) is 82.3 Å². The fourth-order valence-electron chi connectivity index (χ4n) is 3.62. The third kappa shape index (κ3) is 4.88. The molecule has 172 valence electrons. The Kier molecular flexibility index (Phi) is 6.55. The van der Waals surface area contributed by atoms with E-state index in [2.05, 4.69) is 0 Å². The van der Waals surface area contributed by atoms with Gasteiger partial charge >= 0.3 is 11.9 Å². The zero-order chi connectivity index (χ0) is 24.6. The van der Waals surface area contributed by atoms with E-state index in [9.17, 15) is 18.4 Å². The van der Waals surface area contributed by atoms with E-state index in [0.717, 1.165) is 12.1 Å². The molecule has 4 rings (SSSR count). The minimum atomic E-state index is -0.610. The molecule has 4 nitrogen and oxygen atoms in total. The molecule has 0 saturated carbocycles. The largest absolute Gasteiger partial charge is 0.426 e. The van der Waals surface area contributed by atoms with E-state index in [4.69, 9.17) is 32.7 Å². The molecule has 0 N–H and O–H groups in total. The predicted molar refractivity (Wildman–Crippen MR) is 127 cm³/mol. The lowest BCUT2D eigenvalue weighted by Gasteiger charge is -2.16. The third-order valence-electron chi connectivity index (χ3n) is 4.99. The quantitative estimate of drug-likeness (QED) is 0.213. The van der Waals surface area contributed by atoms with Crippen molar-refractivity contribution >= 4 is 45.9 Å². The van der Waals surface area contributed by atoms with Crippen LogP contribution in [0.2, 0.25) is 10.0 Å². The first-order valence-electron chi connectivity index (χ1n) is 10.0. The van der Waals surface area contributed by atoms with E-state index >= 15 is 0 Å². The maximum Gasteiger partial charge on any atom is 0.308 e. The van der Waals surface area contributed by atoms with E-state index in [1.807, 2.05) is 0 Å². The molecule has 4 aromatic carbocycles. The molecule has 0 aliphatic rings. The summed E-state index contributed by atoms with van der Waals surface area (Å²) in [4.78, 5) is 23.5. The summed E-state index contributed by atoms with van der Waals surface area (Å²) >= 11 is 11.8. The maximum atomic E-state index is 14.8. The summed E-state index contributed by atoms with van der Waals surface area (Å²) < 4.78 is 40.2. The van der Waals surface area contributed by atoms with Crippen LogP contribution in [-0.4, -0.2) is 11.9 Å². The van der Waals surface area contributed by atoms with Crippen LogP contribution >= 0.6 is 23.2 Å². The molecular weight excluding hydrogens is 485 g/mol. The number of carbonyl (C=O) groups is 2. The summed E-state index contributed by atoms with van der Waals surface area (Å²) in [6.45, 7) is 2.45. The molecule has 0 spiro atoms. The van der Waals surface area contributed by atoms with Crippen LogP contribution in [-0.2, 0) is 9.59 Å². The van der Waals surface area contributed by atoms with Gasteiger partial charge in [-0.15, -0.1) is 0 Å². The molecule has 0 saturated heterocycles. The van der Waals surface area contributed by atoms with Crippen LogP contribution in [0.1, 0.15) is 13.8 Å². The number of benzene rings is 4. The Labute approximate surface area is 203 Å². The average Bonchev–Trinajstić information content (AvgIpc) is 2.73. The van der Waals surface area contributed by atoms with Crippen LogP contribution < -0.4 is 9.47 Å². The van der Waals surface area contributed by atoms with Crippen molar-refractivity contribution in [3.63, 3.8) is 0 Å². The number of ether oxygens (including phenoxy) is 2. The fraction of sp³-hybridized carbons (Fsp3) is 0.0769. The molecule has 0 radical (unpaired) electrons. The van der Waals surface area contributed by atoms with Gasteiger partial charge in [-0.25, -0.2) is 8.78 Å². The van der Waals surface area contributed by atoms with E-state index in [1.54, 1.807) is 12.1 Å². The molecule has 0 aromatic heterocycles. The topological polar surface area (TPSA) is 52.6 Å². The van der Waals surface area contributed by atoms with Gasteiger partial charge in [-0.3, -0.25) is 9.59 Å². The zero-order valence-corrected chi connectivity index (χ0v) is 19.4. The highest BCUT2D eigenvalue weighted by Gasteiger charge is 2.19.